The number of amides is 1. The molecule has 2 rings (SSSR count). The standard InChI is InChI=1S/C18H21F3N4O2.HI/c1-22-17(24-10-9-23-16(26)15-4-3-11-27-15)25(2)12-13-5-7-14(8-6-13)18(19,20)21;/h3-8,11H,9-10,12H2,1-2H3,(H,22,24)(H,23,26);1H. The Labute approximate surface area is 178 Å². The number of carbonyl (C=O) groups excluding carboxylic acids is 1. The molecule has 1 aromatic heterocycles. The molecule has 0 aliphatic carbocycles. The number of nitrogens with one attached hydrogen (secondary N) is 2. The van der Waals surface area contributed by atoms with E-state index in [-0.39, 0.29) is 35.6 Å². The molecule has 0 radical (unpaired) electrons. The van der Waals surface area contributed by atoms with Gasteiger partial charge in [-0.2, -0.15) is 13.2 Å². The largest absolute Gasteiger partial charge is 0.459 e. The van der Waals surface area contributed by atoms with Crippen LogP contribution >= 0.6 is 24.0 Å². The zero-order valence-corrected chi connectivity index (χ0v) is 17.7. The summed E-state index contributed by atoms with van der Waals surface area (Å²) in [7, 11) is 3.38. The molecule has 0 spiro atoms. The van der Waals surface area contributed by atoms with Crippen LogP contribution in [0, 0.1) is 0 Å². The molecular formula is C18H22F3IN4O2. The molecule has 0 unspecified atom stereocenters. The molecule has 154 valence electrons. The molecule has 1 amide bonds. The van der Waals surface area contributed by atoms with Crippen molar-refractivity contribution in [3.63, 3.8) is 0 Å². The number of furan rings is 1. The van der Waals surface area contributed by atoms with Gasteiger partial charge in [0, 0.05) is 33.7 Å². The van der Waals surface area contributed by atoms with Crippen molar-refractivity contribution in [3.8, 4) is 0 Å². The second-order valence-corrected chi connectivity index (χ2v) is 5.76. The van der Waals surface area contributed by atoms with Crippen LogP contribution in [0.2, 0.25) is 0 Å². The number of carbonyl (C=O) groups is 1. The molecule has 1 heterocycles. The molecule has 0 aliphatic rings. The van der Waals surface area contributed by atoms with Crippen LogP contribution < -0.4 is 10.6 Å². The van der Waals surface area contributed by atoms with Crippen molar-refractivity contribution in [2.45, 2.75) is 12.7 Å². The minimum Gasteiger partial charge on any atom is -0.459 e. The molecule has 0 atom stereocenters. The summed E-state index contributed by atoms with van der Waals surface area (Å²) in [4.78, 5) is 17.6. The van der Waals surface area contributed by atoms with Gasteiger partial charge in [0.05, 0.1) is 11.8 Å². The van der Waals surface area contributed by atoms with Gasteiger partial charge < -0.3 is 20.0 Å². The normalized spacial score (nSPS) is 11.5. The molecule has 0 saturated heterocycles. The molecule has 0 fully saturated rings. The van der Waals surface area contributed by atoms with Gasteiger partial charge in [0.15, 0.2) is 11.7 Å². The van der Waals surface area contributed by atoms with Crippen LogP contribution in [0.4, 0.5) is 13.2 Å². The van der Waals surface area contributed by atoms with Crippen LogP contribution in [0.3, 0.4) is 0 Å². The van der Waals surface area contributed by atoms with Crippen molar-refractivity contribution in [1.29, 1.82) is 0 Å². The fourth-order valence-electron chi connectivity index (χ4n) is 2.38. The summed E-state index contributed by atoms with van der Waals surface area (Å²) in [6.45, 7) is 1.17. The van der Waals surface area contributed by atoms with Crippen LogP contribution in [-0.2, 0) is 12.7 Å². The van der Waals surface area contributed by atoms with E-state index in [0.29, 0.717) is 25.6 Å². The number of nitrogens with zero attached hydrogens (tertiary/aromatic N) is 2. The van der Waals surface area contributed by atoms with Crippen LogP contribution in [0.5, 0.6) is 0 Å². The third-order valence-electron chi connectivity index (χ3n) is 3.71. The zero-order chi connectivity index (χ0) is 19.9. The zero-order valence-electron chi connectivity index (χ0n) is 15.4. The Hall–Kier alpha value is -2.24. The predicted octanol–water partition coefficient (Wildman–Crippen LogP) is 3.35. The van der Waals surface area contributed by atoms with E-state index in [4.69, 9.17) is 4.42 Å². The van der Waals surface area contributed by atoms with E-state index in [9.17, 15) is 18.0 Å². The topological polar surface area (TPSA) is 69.9 Å². The van der Waals surface area contributed by atoms with E-state index < -0.39 is 11.7 Å². The number of benzene rings is 1. The fourth-order valence-corrected chi connectivity index (χ4v) is 2.38. The fraction of sp³-hybridized carbons (Fsp3) is 0.333. The molecule has 1 aromatic carbocycles. The number of guanidine groups is 1. The first kappa shape index (κ1) is 23.8. The summed E-state index contributed by atoms with van der Waals surface area (Å²) in [5, 5.41) is 5.77. The number of halogens is 4. The molecule has 0 bridgehead atoms. The van der Waals surface area contributed by atoms with Gasteiger partial charge in [-0.05, 0) is 29.8 Å². The van der Waals surface area contributed by atoms with Crippen LogP contribution in [0.1, 0.15) is 21.7 Å². The lowest BCUT2D eigenvalue weighted by Crippen LogP contribution is -2.42. The smallest absolute Gasteiger partial charge is 0.416 e. The number of aliphatic imine (C=N–C) groups is 1. The first-order valence-corrected chi connectivity index (χ1v) is 8.21. The van der Waals surface area contributed by atoms with Crippen molar-refractivity contribution in [2.75, 3.05) is 27.2 Å². The lowest BCUT2D eigenvalue weighted by atomic mass is 10.1. The number of hydrogen-bond acceptors (Lipinski definition) is 3. The highest BCUT2D eigenvalue weighted by Crippen LogP contribution is 2.29. The minimum atomic E-state index is -4.35. The van der Waals surface area contributed by atoms with Gasteiger partial charge in [0.1, 0.15) is 0 Å². The van der Waals surface area contributed by atoms with Gasteiger partial charge in [-0.25, -0.2) is 0 Å². The third kappa shape index (κ3) is 7.06. The van der Waals surface area contributed by atoms with Crippen molar-refractivity contribution in [3.05, 3.63) is 59.5 Å². The molecule has 10 heteroatoms. The molecular weight excluding hydrogens is 488 g/mol. The quantitative estimate of drug-likeness (QED) is 0.271. The second-order valence-electron chi connectivity index (χ2n) is 5.76. The van der Waals surface area contributed by atoms with Gasteiger partial charge in [-0.3, -0.25) is 9.79 Å². The molecule has 28 heavy (non-hydrogen) atoms. The van der Waals surface area contributed by atoms with E-state index in [0.717, 1.165) is 17.7 Å². The Morgan fingerprint density at radius 2 is 1.79 bits per heavy atom. The summed E-state index contributed by atoms with van der Waals surface area (Å²) < 4.78 is 42.8. The van der Waals surface area contributed by atoms with E-state index in [1.54, 1.807) is 31.1 Å². The number of alkyl halides is 3. The summed E-state index contributed by atoms with van der Waals surface area (Å²) in [5.41, 5.74) is 0.0447. The molecule has 0 aliphatic heterocycles. The van der Waals surface area contributed by atoms with Gasteiger partial charge in [-0.15, -0.1) is 24.0 Å². The Kier molecular flexibility index (Phi) is 9.29. The Bertz CT molecular complexity index is 762. The maximum absolute atomic E-state index is 12.6. The van der Waals surface area contributed by atoms with Gasteiger partial charge in [0.2, 0.25) is 0 Å². The van der Waals surface area contributed by atoms with Crippen molar-refractivity contribution in [2.24, 2.45) is 4.99 Å². The molecule has 2 aromatic rings. The van der Waals surface area contributed by atoms with Crippen molar-refractivity contribution in [1.82, 2.24) is 15.5 Å². The highest BCUT2D eigenvalue weighted by molar-refractivity contribution is 14.0. The van der Waals surface area contributed by atoms with Gasteiger partial charge in [0.25, 0.3) is 5.91 Å². The lowest BCUT2D eigenvalue weighted by Gasteiger charge is -2.22. The van der Waals surface area contributed by atoms with E-state index >= 15 is 0 Å². The first-order chi connectivity index (χ1) is 12.8. The summed E-state index contributed by atoms with van der Waals surface area (Å²) in [6, 6.07) is 8.20. The van der Waals surface area contributed by atoms with Crippen molar-refractivity contribution < 1.29 is 22.4 Å². The monoisotopic (exact) mass is 510 g/mol. The average molecular weight is 510 g/mol. The number of rotatable bonds is 6. The third-order valence-corrected chi connectivity index (χ3v) is 3.71. The van der Waals surface area contributed by atoms with E-state index in [1.165, 1.54) is 18.4 Å². The Morgan fingerprint density at radius 1 is 1.14 bits per heavy atom. The maximum Gasteiger partial charge on any atom is 0.416 e. The second kappa shape index (κ2) is 10.9. The number of hydrogen-bond donors (Lipinski definition) is 2. The SMILES string of the molecule is CN=C(NCCNC(=O)c1ccco1)N(C)Cc1ccc(C(F)(F)F)cc1.I. The van der Waals surface area contributed by atoms with Crippen LogP contribution in [0.25, 0.3) is 0 Å². The maximum atomic E-state index is 12.6. The van der Waals surface area contributed by atoms with Crippen LogP contribution in [0.15, 0.2) is 52.1 Å². The molecule has 0 saturated carbocycles. The van der Waals surface area contributed by atoms with Gasteiger partial charge in [-0.1, -0.05) is 12.1 Å². The van der Waals surface area contributed by atoms with E-state index in [2.05, 4.69) is 15.6 Å². The average Bonchev–Trinajstić information content (AvgIpc) is 3.16. The first-order valence-electron chi connectivity index (χ1n) is 8.21. The molecule has 6 nitrogen and oxygen atoms in total. The summed E-state index contributed by atoms with van der Waals surface area (Å²) >= 11 is 0. The lowest BCUT2D eigenvalue weighted by molar-refractivity contribution is -0.137. The summed E-state index contributed by atoms with van der Waals surface area (Å²) in [6.07, 6.45) is -2.92. The highest BCUT2D eigenvalue weighted by atomic mass is 127. The van der Waals surface area contributed by atoms with Gasteiger partial charge >= 0.3 is 6.18 Å². The predicted molar refractivity (Wildman–Crippen MR) is 111 cm³/mol. The van der Waals surface area contributed by atoms with Crippen molar-refractivity contribution >= 4 is 35.8 Å². The molecule has 2 N–H and O–H groups in total. The highest BCUT2D eigenvalue weighted by Gasteiger charge is 2.29. The Morgan fingerprint density at radius 3 is 2.32 bits per heavy atom. The van der Waals surface area contributed by atoms with E-state index in [1.807, 2.05) is 0 Å². The minimum absolute atomic E-state index is 0. The van der Waals surface area contributed by atoms with Crippen LogP contribution in [-0.4, -0.2) is 44.0 Å². The Balaban J connectivity index is 0.00000392. The summed E-state index contributed by atoms with van der Waals surface area (Å²) in [5.74, 6) is 0.482.